The summed E-state index contributed by atoms with van der Waals surface area (Å²) in [6.45, 7) is 1.56. The number of thiazole rings is 1. The van der Waals surface area contributed by atoms with E-state index in [1.807, 2.05) is 6.92 Å². The van der Waals surface area contributed by atoms with Crippen LogP contribution in [0.2, 0.25) is 0 Å². The van der Waals surface area contributed by atoms with E-state index < -0.39 is 44.6 Å². The molecular weight excluding hydrogens is 516 g/mol. The lowest BCUT2D eigenvalue weighted by atomic mass is 10.0. The maximum absolute atomic E-state index is 13.1. The first kappa shape index (κ1) is 28.6. The smallest absolute Gasteiger partial charge is 0.242 e. The van der Waals surface area contributed by atoms with E-state index in [1.165, 1.54) is 12.1 Å². The number of primary amides is 1. The molecule has 192 valence electrons. The first-order chi connectivity index (χ1) is 16.2. The van der Waals surface area contributed by atoms with Crippen LogP contribution >= 0.6 is 11.3 Å². The second-order valence-electron chi connectivity index (χ2n) is 7.87. The summed E-state index contributed by atoms with van der Waals surface area (Å²) in [6.07, 6.45) is 3.75. The number of carbonyl (C=O) groups is 3. The lowest BCUT2D eigenvalue weighted by molar-refractivity contribution is -0.125. The first-order valence-corrected chi connectivity index (χ1v) is 15.2. The summed E-state index contributed by atoms with van der Waals surface area (Å²) in [5.74, 6) is -1.97. The normalized spacial score (nSPS) is 11.9. The van der Waals surface area contributed by atoms with E-state index >= 15 is 0 Å². The van der Waals surface area contributed by atoms with E-state index in [4.69, 9.17) is 5.73 Å². The molecule has 0 fully saturated rings. The fraction of sp³-hybridized carbons (Fsp3) is 0.429. The zero-order valence-electron chi connectivity index (χ0n) is 19.6. The number of ketones is 1. The quantitative estimate of drug-likeness (QED) is 0.218. The van der Waals surface area contributed by atoms with Gasteiger partial charge in [0.25, 0.3) is 0 Å². The van der Waals surface area contributed by atoms with E-state index in [-0.39, 0.29) is 38.5 Å². The van der Waals surface area contributed by atoms with Crippen LogP contribution in [0.1, 0.15) is 55.1 Å². The summed E-state index contributed by atoms with van der Waals surface area (Å²) in [4.78, 5) is 42.8. The van der Waals surface area contributed by atoms with Crippen molar-refractivity contribution in [1.29, 1.82) is 0 Å². The SMILES string of the molecule is CCCCCC(=O)c1ccccc1N(C(=O)CC(N)=O)c1nc(CNS(C)(=O)=O)c(S(C)(=O)=O)s1. The number of nitrogens with one attached hydrogen (secondary N) is 1. The number of benzene rings is 1. The van der Waals surface area contributed by atoms with Gasteiger partial charge < -0.3 is 5.73 Å². The van der Waals surface area contributed by atoms with E-state index in [9.17, 15) is 31.2 Å². The van der Waals surface area contributed by atoms with Gasteiger partial charge in [0.2, 0.25) is 21.8 Å². The predicted molar refractivity (Wildman–Crippen MR) is 133 cm³/mol. The summed E-state index contributed by atoms with van der Waals surface area (Å²) in [6, 6.07) is 6.23. The number of sulfonamides is 1. The largest absolute Gasteiger partial charge is 0.369 e. The Morgan fingerprint density at radius 2 is 1.74 bits per heavy atom. The van der Waals surface area contributed by atoms with Gasteiger partial charge in [0, 0.05) is 18.2 Å². The molecule has 0 saturated carbocycles. The summed E-state index contributed by atoms with van der Waals surface area (Å²) in [5.41, 5.74) is 5.42. The highest BCUT2D eigenvalue weighted by atomic mass is 32.2. The Kier molecular flexibility index (Phi) is 9.66. The van der Waals surface area contributed by atoms with E-state index in [0.29, 0.717) is 17.8 Å². The number of carbonyl (C=O) groups excluding carboxylic acids is 3. The Bertz CT molecular complexity index is 1320. The monoisotopic (exact) mass is 544 g/mol. The molecule has 0 saturated heterocycles. The molecule has 0 radical (unpaired) electrons. The van der Waals surface area contributed by atoms with Gasteiger partial charge in [0.1, 0.15) is 10.6 Å². The lowest BCUT2D eigenvalue weighted by Crippen LogP contribution is -2.31. The number of anilines is 2. The van der Waals surface area contributed by atoms with Crippen molar-refractivity contribution in [3.8, 4) is 0 Å². The number of sulfone groups is 1. The maximum atomic E-state index is 13.1. The highest BCUT2D eigenvalue weighted by Gasteiger charge is 2.30. The third kappa shape index (κ3) is 8.19. The summed E-state index contributed by atoms with van der Waals surface area (Å²) >= 11 is 0.625. The van der Waals surface area contributed by atoms with Crippen LogP contribution in [0.4, 0.5) is 10.8 Å². The van der Waals surface area contributed by atoms with Crippen LogP contribution < -0.4 is 15.4 Å². The lowest BCUT2D eigenvalue weighted by Gasteiger charge is -2.22. The Morgan fingerprint density at radius 3 is 2.31 bits per heavy atom. The molecule has 3 N–H and O–H groups in total. The molecule has 35 heavy (non-hydrogen) atoms. The van der Waals surface area contributed by atoms with Crippen LogP contribution in [0.3, 0.4) is 0 Å². The number of Topliss-reactive ketones (excluding diaryl/α,β-unsaturated/α-hetero) is 1. The minimum atomic E-state index is -3.86. The van der Waals surface area contributed by atoms with Crippen molar-refractivity contribution in [2.24, 2.45) is 5.73 Å². The molecule has 0 unspecified atom stereocenters. The molecule has 2 rings (SSSR count). The van der Waals surface area contributed by atoms with Gasteiger partial charge >= 0.3 is 0 Å². The van der Waals surface area contributed by atoms with Gasteiger partial charge in [0.05, 0.1) is 24.2 Å². The summed E-state index contributed by atoms with van der Waals surface area (Å²) in [7, 11) is -7.54. The number of hydrogen-bond acceptors (Lipinski definition) is 9. The molecule has 1 heterocycles. The molecule has 11 nitrogen and oxygen atoms in total. The summed E-state index contributed by atoms with van der Waals surface area (Å²) in [5, 5.41) is -0.143. The molecule has 0 aliphatic carbocycles. The Hall–Kier alpha value is -2.68. The van der Waals surface area contributed by atoms with Gasteiger partial charge in [-0.05, 0) is 18.6 Å². The van der Waals surface area contributed by atoms with Crippen molar-refractivity contribution in [3.05, 3.63) is 35.5 Å². The minimum Gasteiger partial charge on any atom is -0.369 e. The molecule has 0 spiro atoms. The predicted octanol–water partition coefficient (Wildman–Crippen LogP) is 1.90. The average Bonchev–Trinajstić information content (AvgIpc) is 3.16. The van der Waals surface area contributed by atoms with Crippen LogP contribution in [0.15, 0.2) is 28.5 Å². The van der Waals surface area contributed by atoms with Gasteiger partial charge in [-0.3, -0.25) is 19.3 Å². The third-order valence-electron chi connectivity index (χ3n) is 4.71. The number of para-hydroxylation sites is 1. The van der Waals surface area contributed by atoms with Crippen molar-refractivity contribution in [2.45, 2.75) is 49.8 Å². The second-order valence-corrected chi connectivity index (χ2v) is 12.9. The van der Waals surface area contributed by atoms with Crippen LogP contribution in [-0.2, 0) is 36.0 Å². The zero-order chi connectivity index (χ0) is 26.4. The van der Waals surface area contributed by atoms with Crippen molar-refractivity contribution in [3.63, 3.8) is 0 Å². The average molecular weight is 545 g/mol. The standard InChI is InChI=1S/C21H28N4O7S3/c1-4-5-6-11-17(26)14-9-7-8-10-16(14)25(19(28)12-18(22)27)21-24-15(13-23-35(3,31)32)20(33-21)34(2,29)30/h7-10,23H,4-6,11-13H2,1-3H3,(H2,22,27). The highest BCUT2D eigenvalue weighted by Crippen LogP contribution is 2.37. The highest BCUT2D eigenvalue weighted by molar-refractivity contribution is 7.93. The van der Waals surface area contributed by atoms with E-state index in [1.54, 1.807) is 12.1 Å². The van der Waals surface area contributed by atoms with E-state index in [0.717, 1.165) is 30.3 Å². The number of unbranched alkanes of at least 4 members (excludes halogenated alkanes) is 2. The first-order valence-electron chi connectivity index (χ1n) is 10.6. The molecule has 0 aliphatic heterocycles. The second kappa shape index (κ2) is 11.8. The van der Waals surface area contributed by atoms with Crippen molar-refractivity contribution in [1.82, 2.24) is 9.71 Å². The fourth-order valence-corrected chi connectivity index (χ4v) is 5.79. The number of hydrogen-bond donors (Lipinski definition) is 2. The van der Waals surface area contributed by atoms with Crippen LogP contribution in [0.25, 0.3) is 0 Å². The van der Waals surface area contributed by atoms with Crippen molar-refractivity contribution >= 4 is 59.6 Å². The van der Waals surface area contributed by atoms with E-state index in [2.05, 4.69) is 9.71 Å². The van der Waals surface area contributed by atoms with Gasteiger partial charge in [-0.15, -0.1) is 0 Å². The minimum absolute atomic E-state index is 0.122. The number of rotatable bonds is 13. The molecule has 0 bridgehead atoms. The van der Waals surface area contributed by atoms with Crippen molar-refractivity contribution in [2.75, 3.05) is 17.4 Å². The zero-order valence-corrected chi connectivity index (χ0v) is 22.1. The maximum Gasteiger partial charge on any atom is 0.242 e. The Labute approximate surface area is 208 Å². The van der Waals surface area contributed by atoms with Crippen LogP contribution in [0, 0.1) is 0 Å². The van der Waals surface area contributed by atoms with Crippen LogP contribution in [-0.4, -0.2) is 51.9 Å². The topological polar surface area (TPSA) is 174 Å². The molecule has 1 aromatic heterocycles. The molecule has 0 aliphatic rings. The number of aromatic nitrogens is 1. The molecular formula is C21H28N4O7S3. The number of nitrogens with zero attached hydrogens (tertiary/aromatic N) is 2. The Balaban J connectivity index is 2.66. The molecule has 1 aromatic carbocycles. The molecule has 2 aromatic rings. The molecule has 2 amide bonds. The fourth-order valence-electron chi connectivity index (χ4n) is 3.17. The van der Waals surface area contributed by atoms with Gasteiger partial charge in [-0.1, -0.05) is 43.2 Å². The number of nitrogens with two attached hydrogens (primary N) is 1. The third-order valence-corrected chi connectivity index (χ3v) is 8.32. The van der Waals surface area contributed by atoms with Gasteiger partial charge in [-0.25, -0.2) is 26.5 Å². The molecule has 0 atom stereocenters. The Morgan fingerprint density at radius 1 is 1.09 bits per heavy atom. The van der Waals surface area contributed by atoms with Crippen LogP contribution in [0.5, 0.6) is 0 Å². The van der Waals surface area contributed by atoms with Gasteiger partial charge in [-0.2, -0.15) is 0 Å². The molecule has 14 heteroatoms. The van der Waals surface area contributed by atoms with Crippen molar-refractivity contribution < 1.29 is 31.2 Å². The van der Waals surface area contributed by atoms with Gasteiger partial charge in [0.15, 0.2) is 20.8 Å². The summed E-state index contributed by atoms with van der Waals surface area (Å²) < 4.78 is 49.8. The number of amides is 2.